The second-order valence-corrected chi connectivity index (χ2v) is 5.07. The molecule has 3 nitrogen and oxygen atoms in total. The number of aromatic nitrogens is 2. The summed E-state index contributed by atoms with van der Waals surface area (Å²) in [4.78, 5) is 4.33. The molecule has 2 N–H and O–H groups in total. The number of thioether (sulfide) groups is 1. The van der Waals surface area contributed by atoms with E-state index in [2.05, 4.69) is 4.98 Å². The normalized spacial score (nSPS) is 10.8. The van der Waals surface area contributed by atoms with E-state index in [9.17, 15) is 0 Å². The second-order valence-electron chi connectivity index (χ2n) is 3.60. The van der Waals surface area contributed by atoms with Gasteiger partial charge < -0.3 is 5.73 Å². The highest BCUT2D eigenvalue weighted by atomic mass is 35.5. The zero-order valence-corrected chi connectivity index (χ0v) is 11.1. The molecule has 5 heteroatoms. The molecule has 0 bridgehead atoms. The van der Waals surface area contributed by atoms with Gasteiger partial charge in [-0.2, -0.15) is 0 Å². The maximum absolute atomic E-state index is 6.13. The van der Waals surface area contributed by atoms with Crippen molar-refractivity contribution >= 4 is 23.4 Å². The fourth-order valence-electron chi connectivity index (χ4n) is 1.59. The summed E-state index contributed by atoms with van der Waals surface area (Å²) in [7, 11) is 0. The number of halogens is 1. The molecular weight excluding hydrogens is 254 g/mol. The number of nitrogens with zero attached hydrogens (tertiary/aromatic N) is 2. The topological polar surface area (TPSA) is 43.8 Å². The minimum absolute atomic E-state index is 0.645. The lowest BCUT2D eigenvalue weighted by Crippen LogP contribution is -2.04. The fraction of sp³-hybridized carbons (Fsp3) is 0.250. The SMILES string of the molecule is Cc1c(Cl)cccc1-n1ccnc1SCCN. The van der Waals surface area contributed by atoms with E-state index in [4.69, 9.17) is 17.3 Å². The Labute approximate surface area is 110 Å². The number of imidazole rings is 1. The fourth-order valence-corrected chi connectivity index (χ4v) is 2.49. The van der Waals surface area contributed by atoms with Crippen molar-refractivity contribution in [3.05, 3.63) is 41.2 Å². The van der Waals surface area contributed by atoms with Crippen molar-refractivity contribution in [2.24, 2.45) is 5.73 Å². The molecular formula is C12H14ClN3S. The quantitative estimate of drug-likeness (QED) is 0.867. The molecule has 0 unspecified atom stereocenters. The highest BCUT2D eigenvalue weighted by Crippen LogP contribution is 2.26. The molecule has 0 fully saturated rings. The molecule has 0 aliphatic heterocycles. The minimum atomic E-state index is 0.645. The molecule has 0 amide bonds. The first-order valence-corrected chi connectivity index (χ1v) is 6.72. The van der Waals surface area contributed by atoms with Crippen LogP contribution in [0.15, 0.2) is 35.7 Å². The van der Waals surface area contributed by atoms with Crippen LogP contribution < -0.4 is 5.73 Å². The van der Waals surface area contributed by atoms with Gasteiger partial charge in [0.15, 0.2) is 5.16 Å². The van der Waals surface area contributed by atoms with Crippen molar-refractivity contribution in [2.45, 2.75) is 12.1 Å². The van der Waals surface area contributed by atoms with E-state index in [0.717, 1.165) is 27.2 Å². The van der Waals surface area contributed by atoms with Crippen LogP contribution in [0.3, 0.4) is 0 Å². The summed E-state index contributed by atoms with van der Waals surface area (Å²) in [6.07, 6.45) is 3.73. The van der Waals surface area contributed by atoms with Gasteiger partial charge in [0.1, 0.15) is 0 Å². The molecule has 0 saturated carbocycles. The molecule has 2 aromatic rings. The summed E-state index contributed by atoms with van der Waals surface area (Å²) in [5.41, 5.74) is 7.63. The summed E-state index contributed by atoms with van der Waals surface area (Å²) in [6.45, 7) is 2.65. The van der Waals surface area contributed by atoms with E-state index in [1.165, 1.54) is 0 Å². The Morgan fingerprint density at radius 2 is 2.29 bits per heavy atom. The lowest BCUT2D eigenvalue weighted by molar-refractivity contribution is 0.887. The highest BCUT2D eigenvalue weighted by Gasteiger charge is 2.09. The van der Waals surface area contributed by atoms with Gasteiger partial charge in [-0.15, -0.1) is 0 Å². The van der Waals surface area contributed by atoms with Crippen molar-refractivity contribution in [1.29, 1.82) is 0 Å². The third kappa shape index (κ3) is 2.65. The summed E-state index contributed by atoms with van der Waals surface area (Å²) in [6, 6.07) is 5.88. The van der Waals surface area contributed by atoms with Crippen molar-refractivity contribution in [3.63, 3.8) is 0 Å². The van der Waals surface area contributed by atoms with E-state index >= 15 is 0 Å². The monoisotopic (exact) mass is 267 g/mol. The Balaban J connectivity index is 2.39. The molecule has 0 aliphatic carbocycles. The Bertz CT molecular complexity index is 510. The molecule has 90 valence electrons. The summed E-state index contributed by atoms with van der Waals surface area (Å²) >= 11 is 7.77. The average Bonchev–Trinajstić information content (AvgIpc) is 2.78. The van der Waals surface area contributed by atoms with E-state index in [0.29, 0.717) is 6.54 Å². The molecule has 1 aromatic carbocycles. The van der Waals surface area contributed by atoms with Crippen molar-refractivity contribution in [2.75, 3.05) is 12.3 Å². The zero-order valence-electron chi connectivity index (χ0n) is 9.56. The van der Waals surface area contributed by atoms with Crippen LogP contribution in [0.1, 0.15) is 5.56 Å². The lowest BCUT2D eigenvalue weighted by atomic mass is 10.2. The van der Waals surface area contributed by atoms with Gasteiger partial charge in [-0.05, 0) is 24.6 Å². The van der Waals surface area contributed by atoms with Crippen LogP contribution >= 0.6 is 23.4 Å². The Hall–Kier alpha value is -0.970. The number of benzene rings is 1. The van der Waals surface area contributed by atoms with Crippen LogP contribution in [0.2, 0.25) is 5.02 Å². The number of hydrogen-bond donors (Lipinski definition) is 1. The van der Waals surface area contributed by atoms with Crippen LogP contribution in [0.4, 0.5) is 0 Å². The molecule has 17 heavy (non-hydrogen) atoms. The van der Waals surface area contributed by atoms with E-state index in [1.807, 2.05) is 35.9 Å². The van der Waals surface area contributed by atoms with Gasteiger partial charge >= 0.3 is 0 Å². The summed E-state index contributed by atoms with van der Waals surface area (Å²) in [5.74, 6) is 0.858. The van der Waals surface area contributed by atoms with Gasteiger partial charge in [-0.3, -0.25) is 4.57 Å². The number of rotatable bonds is 4. The zero-order chi connectivity index (χ0) is 12.3. The van der Waals surface area contributed by atoms with Gasteiger partial charge in [-0.25, -0.2) is 4.98 Å². The maximum Gasteiger partial charge on any atom is 0.172 e. The van der Waals surface area contributed by atoms with Gasteiger partial charge in [-0.1, -0.05) is 29.4 Å². The van der Waals surface area contributed by atoms with Gasteiger partial charge in [0.2, 0.25) is 0 Å². The molecule has 0 saturated heterocycles. The number of hydrogen-bond acceptors (Lipinski definition) is 3. The highest BCUT2D eigenvalue weighted by molar-refractivity contribution is 7.99. The maximum atomic E-state index is 6.13. The van der Waals surface area contributed by atoms with Gasteiger partial charge in [0, 0.05) is 29.7 Å². The predicted octanol–water partition coefficient (Wildman–Crippen LogP) is 2.88. The molecule has 0 radical (unpaired) electrons. The largest absolute Gasteiger partial charge is 0.330 e. The van der Waals surface area contributed by atoms with E-state index in [1.54, 1.807) is 18.0 Å². The Morgan fingerprint density at radius 3 is 3.06 bits per heavy atom. The van der Waals surface area contributed by atoms with Gasteiger partial charge in [0.05, 0.1) is 5.69 Å². The van der Waals surface area contributed by atoms with Gasteiger partial charge in [0.25, 0.3) is 0 Å². The Kier molecular flexibility index (Phi) is 4.10. The average molecular weight is 268 g/mol. The first-order valence-electron chi connectivity index (χ1n) is 5.35. The molecule has 1 heterocycles. The van der Waals surface area contributed by atoms with Crippen molar-refractivity contribution in [3.8, 4) is 5.69 Å². The summed E-state index contributed by atoms with van der Waals surface area (Å²) < 4.78 is 2.04. The summed E-state index contributed by atoms with van der Waals surface area (Å²) in [5, 5.41) is 1.71. The van der Waals surface area contributed by atoms with Crippen molar-refractivity contribution in [1.82, 2.24) is 9.55 Å². The second kappa shape index (κ2) is 5.58. The molecule has 2 rings (SSSR count). The van der Waals surface area contributed by atoms with E-state index in [-0.39, 0.29) is 0 Å². The van der Waals surface area contributed by atoms with Crippen LogP contribution in [-0.4, -0.2) is 21.8 Å². The van der Waals surface area contributed by atoms with Crippen LogP contribution in [-0.2, 0) is 0 Å². The van der Waals surface area contributed by atoms with Crippen molar-refractivity contribution < 1.29 is 0 Å². The first kappa shape index (κ1) is 12.5. The van der Waals surface area contributed by atoms with E-state index < -0.39 is 0 Å². The molecule has 0 spiro atoms. The number of nitrogens with two attached hydrogens (primary N) is 1. The molecule has 0 atom stereocenters. The van der Waals surface area contributed by atoms with Crippen LogP contribution in [0.5, 0.6) is 0 Å². The van der Waals surface area contributed by atoms with Crippen LogP contribution in [0.25, 0.3) is 5.69 Å². The molecule has 0 aliphatic rings. The van der Waals surface area contributed by atoms with Crippen LogP contribution in [0, 0.1) is 6.92 Å². The first-order chi connectivity index (χ1) is 8.24. The Morgan fingerprint density at radius 1 is 1.47 bits per heavy atom. The lowest BCUT2D eigenvalue weighted by Gasteiger charge is -2.11. The predicted molar refractivity (Wildman–Crippen MR) is 73.1 cm³/mol. The minimum Gasteiger partial charge on any atom is -0.330 e. The smallest absolute Gasteiger partial charge is 0.172 e. The molecule has 1 aromatic heterocycles. The standard InChI is InChI=1S/C12H14ClN3S/c1-9-10(13)3-2-4-11(9)16-7-6-15-12(16)17-8-5-14/h2-4,6-7H,5,8,14H2,1H3. The third-order valence-electron chi connectivity index (χ3n) is 2.45. The third-order valence-corrected chi connectivity index (χ3v) is 3.86.